The van der Waals surface area contributed by atoms with E-state index < -0.39 is 0 Å². The van der Waals surface area contributed by atoms with E-state index in [0.717, 1.165) is 19.1 Å². The third kappa shape index (κ3) is 6.82. The lowest BCUT2D eigenvalue weighted by molar-refractivity contribution is -0.206. The minimum Gasteiger partial charge on any atom is -0.348 e. The zero-order valence-corrected chi connectivity index (χ0v) is 19.3. The molecule has 0 radical (unpaired) electrons. The Labute approximate surface area is 179 Å². The van der Waals surface area contributed by atoms with Crippen LogP contribution in [0.3, 0.4) is 0 Å². The predicted molar refractivity (Wildman–Crippen MR) is 122 cm³/mol. The lowest BCUT2D eigenvalue weighted by Crippen LogP contribution is -2.27. The maximum Gasteiger partial charge on any atom is 0.183 e. The molecule has 0 amide bonds. The van der Waals surface area contributed by atoms with E-state index in [4.69, 9.17) is 9.47 Å². The van der Waals surface area contributed by atoms with Crippen molar-refractivity contribution in [1.82, 2.24) is 0 Å². The Hall–Kier alpha value is -0.860. The topological polar surface area (TPSA) is 18.5 Å². The minimum atomic E-state index is -0.167. The van der Waals surface area contributed by atoms with Crippen molar-refractivity contribution in [2.24, 2.45) is 11.3 Å². The molecule has 29 heavy (non-hydrogen) atoms. The Morgan fingerprint density at radius 3 is 2.03 bits per heavy atom. The van der Waals surface area contributed by atoms with Crippen molar-refractivity contribution in [3.8, 4) is 0 Å². The summed E-state index contributed by atoms with van der Waals surface area (Å²) >= 11 is 0. The molecule has 0 N–H and O–H groups in total. The van der Waals surface area contributed by atoms with Crippen LogP contribution in [0.4, 0.5) is 0 Å². The van der Waals surface area contributed by atoms with Gasteiger partial charge in [0, 0.05) is 11.5 Å². The third-order valence-corrected chi connectivity index (χ3v) is 7.44. The zero-order valence-electron chi connectivity index (χ0n) is 19.3. The van der Waals surface area contributed by atoms with Crippen LogP contribution in [-0.4, -0.2) is 13.2 Å². The summed E-state index contributed by atoms with van der Waals surface area (Å²) in [6, 6.07) is 9.15. The van der Waals surface area contributed by atoms with Gasteiger partial charge in [0.05, 0.1) is 13.2 Å². The molecule has 1 aliphatic carbocycles. The number of ether oxygens (including phenoxy) is 2. The van der Waals surface area contributed by atoms with Gasteiger partial charge < -0.3 is 9.47 Å². The van der Waals surface area contributed by atoms with Crippen LogP contribution < -0.4 is 0 Å². The van der Waals surface area contributed by atoms with Crippen LogP contribution in [0.25, 0.3) is 0 Å². The Balaban J connectivity index is 1.44. The van der Waals surface area contributed by atoms with E-state index in [9.17, 15) is 0 Å². The van der Waals surface area contributed by atoms with E-state index in [2.05, 4.69) is 45.0 Å². The molecule has 1 heterocycles. The second-order valence-corrected chi connectivity index (χ2v) is 10.1. The first-order chi connectivity index (χ1) is 14.1. The highest BCUT2D eigenvalue weighted by atomic mass is 16.7. The standard InChI is InChI=1S/C27H44O2/c1-4-6-8-10-22-20-28-26(29-21-22)25-13-11-23(12-14-25)24-15-18-27(3,19-16-24)17-9-7-5-2/h11-14,22,24,26H,4-10,15-21H2,1-3H3. The molecule has 1 saturated heterocycles. The minimum absolute atomic E-state index is 0.167. The van der Waals surface area contributed by atoms with Crippen molar-refractivity contribution < 1.29 is 9.47 Å². The molecule has 164 valence electrons. The Bertz CT molecular complexity index is 563. The monoisotopic (exact) mass is 400 g/mol. The Morgan fingerprint density at radius 2 is 1.41 bits per heavy atom. The lowest BCUT2D eigenvalue weighted by Gasteiger charge is -2.38. The quantitative estimate of drug-likeness (QED) is 0.369. The van der Waals surface area contributed by atoms with Crippen LogP contribution in [0.1, 0.15) is 121 Å². The maximum atomic E-state index is 6.04. The van der Waals surface area contributed by atoms with Gasteiger partial charge in [0.1, 0.15) is 0 Å². The van der Waals surface area contributed by atoms with Crippen LogP contribution in [0.5, 0.6) is 0 Å². The molecular formula is C27H44O2. The molecule has 2 nitrogen and oxygen atoms in total. The summed E-state index contributed by atoms with van der Waals surface area (Å²) in [5, 5.41) is 0. The second kappa shape index (κ2) is 11.5. The van der Waals surface area contributed by atoms with Crippen LogP contribution in [0, 0.1) is 11.3 Å². The van der Waals surface area contributed by atoms with Crippen LogP contribution in [-0.2, 0) is 9.47 Å². The van der Waals surface area contributed by atoms with Crippen molar-refractivity contribution in [3.05, 3.63) is 35.4 Å². The number of benzene rings is 1. The summed E-state index contributed by atoms with van der Waals surface area (Å²) in [6.07, 6.45) is 16.0. The lowest BCUT2D eigenvalue weighted by atomic mass is 9.68. The fraction of sp³-hybridized carbons (Fsp3) is 0.778. The van der Waals surface area contributed by atoms with E-state index >= 15 is 0 Å². The van der Waals surface area contributed by atoms with Gasteiger partial charge in [-0.05, 0) is 55.4 Å². The molecule has 2 fully saturated rings. The SMILES string of the molecule is CCCCCC1COC(c2ccc(C3CCC(C)(CCCCC)CC3)cc2)OC1. The molecule has 0 aromatic heterocycles. The summed E-state index contributed by atoms with van der Waals surface area (Å²) in [7, 11) is 0. The average Bonchev–Trinajstić information content (AvgIpc) is 2.75. The van der Waals surface area contributed by atoms with Crippen molar-refractivity contribution in [1.29, 1.82) is 0 Å². The maximum absolute atomic E-state index is 6.04. The van der Waals surface area contributed by atoms with Crippen molar-refractivity contribution in [3.63, 3.8) is 0 Å². The fourth-order valence-electron chi connectivity index (χ4n) is 5.21. The summed E-state index contributed by atoms with van der Waals surface area (Å²) in [5.74, 6) is 1.31. The van der Waals surface area contributed by atoms with E-state index in [1.807, 2.05) is 0 Å². The van der Waals surface area contributed by atoms with Crippen molar-refractivity contribution in [2.45, 2.75) is 110 Å². The van der Waals surface area contributed by atoms with Crippen LogP contribution >= 0.6 is 0 Å². The molecule has 1 aromatic rings. The van der Waals surface area contributed by atoms with Gasteiger partial charge in [-0.1, -0.05) is 83.6 Å². The molecule has 2 aliphatic rings. The van der Waals surface area contributed by atoms with Gasteiger partial charge in [0.2, 0.25) is 0 Å². The van der Waals surface area contributed by atoms with Gasteiger partial charge in [-0.25, -0.2) is 0 Å². The molecule has 0 atom stereocenters. The second-order valence-electron chi connectivity index (χ2n) is 10.1. The Kier molecular flexibility index (Phi) is 9.06. The highest BCUT2D eigenvalue weighted by Crippen LogP contribution is 2.45. The zero-order chi connectivity index (χ0) is 20.5. The molecule has 1 aromatic carbocycles. The molecular weight excluding hydrogens is 356 g/mol. The average molecular weight is 401 g/mol. The highest BCUT2D eigenvalue weighted by Gasteiger charge is 2.31. The first kappa shape index (κ1) is 22.8. The summed E-state index contributed by atoms with van der Waals surface area (Å²) in [5.41, 5.74) is 3.28. The van der Waals surface area contributed by atoms with Crippen molar-refractivity contribution in [2.75, 3.05) is 13.2 Å². The molecule has 0 bridgehead atoms. The predicted octanol–water partition coefficient (Wildman–Crippen LogP) is 8.17. The normalized spacial score (nSPS) is 30.4. The van der Waals surface area contributed by atoms with Gasteiger partial charge >= 0.3 is 0 Å². The molecule has 1 aliphatic heterocycles. The molecule has 0 spiro atoms. The third-order valence-electron chi connectivity index (χ3n) is 7.44. The van der Waals surface area contributed by atoms with E-state index in [1.54, 1.807) is 0 Å². The first-order valence-corrected chi connectivity index (χ1v) is 12.5. The smallest absolute Gasteiger partial charge is 0.183 e. The summed E-state index contributed by atoms with van der Waals surface area (Å²) < 4.78 is 12.1. The number of hydrogen-bond donors (Lipinski definition) is 0. The van der Waals surface area contributed by atoms with Crippen molar-refractivity contribution >= 4 is 0 Å². The van der Waals surface area contributed by atoms with E-state index in [1.165, 1.54) is 88.2 Å². The van der Waals surface area contributed by atoms with Crippen LogP contribution in [0.15, 0.2) is 24.3 Å². The molecule has 1 saturated carbocycles. The van der Waals surface area contributed by atoms with Gasteiger partial charge in [0.25, 0.3) is 0 Å². The fourth-order valence-corrected chi connectivity index (χ4v) is 5.21. The molecule has 2 heteroatoms. The van der Waals surface area contributed by atoms with Crippen LogP contribution in [0.2, 0.25) is 0 Å². The van der Waals surface area contributed by atoms with Gasteiger partial charge in [-0.3, -0.25) is 0 Å². The Morgan fingerprint density at radius 1 is 0.828 bits per heavy atom. The van der Waals surface area contributed by atoms with E-state index in [-0.39, 0.29) is 6.29 Å². The van der Waals surface area contributed by atoms with Gasteiger partial charge in [0.15, 0.2) is 6.29 Å². The van der Waals surface area contributed by atoms with Gasteiger partial charge in [-0.15, -0.1) is 0 Å². The van der Waals surface area contributed by atoms with Gasteiger partial charge in [-0.2, -0.15) is 0 Å². The number of hydrogen-bond acceptors (Lipinski definition) is 2. The molecule has 0 unspecified atom stereocenters. The molecule has 3 rings (SSSR count). The summed E-state index contributed by atoms with van der Waals surface area (Å²) in [6.45, 7) is 8.77. The highest BCUT2D eigenvalue weighted by molar-refractivity contribution is 5.26. The largest absolute Gasteiger partial charge is 0.348 e. The van der Waals surface area contributed by atoms with E-state index in [0.29, 0.717) is 11.3 Å². The summed E-state index contributed by atoms with van der Waals surface area (Å²) in [4.78, 5) is 0. The number of rotatable bonds is 10. The first-order valence-electron chi connectivity index (χ1n) is 12.5. The number of unbranched alkanes of at least 4 members (excludes halogenated alkanes) is 4.